The summed E-state index contributed by atoms with van der Waals surface area (Å²) in [6.45, 7) is 6.66. The van der Waals surface area contributed by atoms with E-state index in [1.165, 1.54) is 16.7 Å². The van der Waals surface area contributed by atoms with E-state index in [9.17, 15) is 4.79 Å². The lowest BCUT2D eigenvalue weighted by molar-refractivity contribution is -0.118. The molecule has 0 spiro atoms. The number of rotatable bonds is 6. The van der Waals surface area contributed by atoms with E-state index in [1.54, 1.807) is 0 Å². The first kappa shape index (κ1) is 15.3. The fraction of sp³-hybridized carbons (Fsp3) is 0.316. The van der Waals surface area contributed by atoms with E-state index in [1.807, 2.05) is 30.3 Å². The molecule has 0 aliphatic rings. The molecule has 110 valence electrons. The fourth-order valence-corrected chi connectivity index (χ4v) is 2.57. The molecule has 2 heteroatoms. The van der Waals surface area contributed by atoms with Gasteiger partial charge in [0.15, 0.2) is 0 Å². The first-order valence-corrected chi connectivity index (χ1v) is 7.32. The van der Waals surface area contributed by atoms with Crippen molar-refractivity contribution < 1.29 is 9.53 Å². The van der Waals surface area contributed by atoms with Crippen LogP contribution in [-0.4, -0.2) is 12.4 Å². The lowest BCUT2D eigenvalue weighted by atomic mass is 9.95. The molecule has 2 rings (SSSR count). The molecule has 0 radical (unpaired) electrons. The van der Waals surface area contributed by atoms with Gasteiger partial charge in [0, 0.05) is 12.8 Å². The van der Waals surface area contributed by atoms with Gasteiger partial charge in [-0.15, -0.1) is 0 Å². The number of carbonyl (C=O) groups excluding carboxylic acids is 1. The van der Waals surface area contributed by atoms with Gasteiger partial charge in [0.25, 0.3) is 0 Å². The van der Waals surface area contributed by atoms with E-state index < -0.39 is 0 Å². The molecule has 0 bridgehead atoms. The van der Waals surface area contributed by atoms with Crippen molar-refractivity contribution >= 4 is 5.78 Å². The minimum Gasteiger partial charge on any atom is -0.493 e. The Labute approximate surface area is 126 Å². The van der Waals surface area contributed by atoms with Crippen LogP contribution >= 0.6 is 0 Å². The largest absolute Gasteiger partial charge is 0.493 e. The van der Waals surface area contributed by atoms with Gasteiger partial charge < -0.3 is 4.74 Å². The molecule has 2 aromatic carbocycles. The average molecular weight is 282 g/mol. The van der Waals surface area contributed by atoms with Gasteiger partial charge >= 0.3 is 0 Å². The van der Waals surface area contributed by atoms with Crippen LogP contribution in [0.2, 0.25) is 0 Å². The van der Waals surface area contributed by atoms with Gasteiger partial charge in [-0.25, -0.2) is 0 Å². The van der Waals surface area contributed by atoms with Crippen molar-refractivity contribution in [1.82, 2.24) is 0 Å². The Morgan fingerprint density at radius 1 is 1.00 bits per heavy atom. The van der Waals surface area contributed by atoms with Crippen LogP contribution in [0.4, 0.5) is 0 Å². The van der Waals surface area contributed by atoms with Crippen LogP contribution in [0.3, 0.4) is 0 Å². The maximum Gasteiger partial charge on any atom is 0.140 e. The highest BCUT2D eigenvalue weighted by Gasteiger charge is 2.09. The van der Waals surface area contributed by atoms with Crippen LogP contribution < -0.4 is 4.74 Å². The predicted molar refractivity (Wildman–Crippen MR) is 85.9 cm³/mol. The summed E-state index contributed by atoms with van der Waals surface area (Å²) < 4.78 is 5.57. The van der Waals surface area contributed by atoms with E-state index >= 15 is 0 Å². The van der Waals surface area contributed by atoms with Crippen LogP contribution in [-0.2, 0) is 11.2 Å². The fourth-order valence-electron chi connectivity index (χ4n) is 2.57. The molecule has 0 heterocycles. The van der Waals surface area contributed by atoms with Crippen LogP contribution in [0.5, 0.6) is 5.75 Å². The second-order valence-electron chi connectivity index (χ2n) is 5.50. The molecule has 0 aromatic heterocycles. The van der Waals surface area contributed by atoms with Crippen LogP contribution in [0.15, 0.2) is 42.5 Å². The minimum absolute atomic E-state index is 0.223. The summed E-state index contributed by atoms with van der Waals surface area (Å²) >= 11 is 0. The normalized spacial score (nSPS) is 10.4. The van der Waals surface area contributed by atoms with Crippen molar-refractivity contribution in [2.45, 2.75) is 33.6 Å². The van der Waals surface area contributed by atoms with E-state index in [-0.39, 0.29) is 5.78 Å². The van der Waals surface area contributed by atoms with Gasteiger partial charge in [0.2, 0.25) is 0 Å². The van der Waals surface area contributed by atoms with Crippen molar-refractivity contribution in [3.8, 4) is 5.75 Å². The van der Waals surface area contributed by atoms with E-state index in [0.29, 0.717) is 19.4 Å². The van der Waals surface area contributed by atoms with Gasteiger partial charge in [0.1, 0.15) is 11.5 Å². The quantitative estimate of drug-likeness (QED) is 0.794. The summed E-state index contributed by atoms with van der Waals surface area (Å²) in [6.07, 6.45) is 0.942. The topological polar surface area (TPSA) is 26.3 Å². The Morgan fingerprint density at radius 3 is 2.24 bits per heavy atom. The molecule has 2 nitrogen and oxygen atoms in total. The standard InChI is InChI=1S/C19H22O2/c1-14-11-15(2)19(16(3)12-14)13-17(20)9-10-21-18-7-5-4-6-8-18/h4-8,11-12H,9-10,13H2,1-3H3. The molecule has 0 saturated heterocycles. The van der Waals surface area contributed by atoms with Gasteiger partial charge in [-0.05, 0) is 49.6 Å². The Balaban J connectivity index is 1.88. The highest BCUT2D eigenvalue weighted by molar-refractivity contribution is 5.81. The molecular formula is C19H22O2. The number of aryl methyl sites for hydroxylation is 3. The van der Waals surface area contributed by atoms with Crippen LogP contribution in [0.1, 0.15) is 28.7 Å². The zero-order valence-electron chi connectivity index (χ0n) is 13.0. The summed E-state index contributed by atoms with van der Waals surface area (Å²) in [6, 6.07) is 13.9. The van der Waals surface area contributed by atoms with E-state index in [0.717, 1.165) is 11.3 Å². The maximum absolute atomic E-state index is 12.1. The van der Waals surface area contributed by atoms with Gasteiger partial charge in [-0.2, -0.15) is 0 Å². The lowest BCUT2D eigenvalue weighted by Gasteiger charge is -2.11. The Bertz CT molecular complexity index is 592. The number of para-hydroxylation sites is 1. The van der Waals surface area contributed by atoms with E-state index in [4.69, 9.17) is 4.74 Å². The van der Waals surface area contributed by atoms with Crippen LogP contribution in [0.25, 0.3) is 0 Å². The maximum atomic E-state index is 12.1. The SMILES string of the molecule is Cc1cc(C)c(CC(=O)CCOc2ccccc2)c(C)c1. The predicted octanol–water partition coefficient (Wildman–Crippen LogP) is 4.19. The van der Waals surface area contributed by atoms with Crippen molar-refractivity contribution in [2.75, 3.05) is 6.61 Å². The number of ether oxygens (including phenoxy) is 1. The van der Waals surface area contributed by atoms with E-state index in [2.05, 4.69) is 32.9 Å². The number of Topliss-reactive ketones (excluding diaryl/α,β-unsaturated/α-hetero) is 1. The monoisotopic (exact) mass is 282 g/mol. The minimum atomic E-state index is 0.223. The van der Waals surface area contributed by atoms with Gasteiger partial charge in [-0.1, -0.05) is 35.9 Å². The lowest BCUT2D eigenvalue weighted by Crippen LogP contribution is -2.10. The molecule has 0 amide bonds. The third-order valence-corrected chi connectivity index (χ3v) is 3.61. The van der Waals surface area contributed by atoms with Crippen LogP contribution in [0, 0.1) is 20.8 Å². The van der Waals surface area contributed by atoms with Crippen molar-refractivity contribution in [2.24, 2.45) is 0 Å². The number of hydrogen-bond acceptors (Lipinski definition) is 2. The van der Waals surface area contributed by atoms with Crippen molar-refractivity contribution in [1.29, 1.82) is 0 Å². The molecular weight excluding hydrogens is 260 g/mol. The molecule has 0 saturated carbocycles. The van der Waals surface area contributed by atoms with Crippen molar-refractivity contribution in [3.05, 3.63) is 64.7 Å². The molecule has 21 heavy (non-hydrogen) atoms. The smallest absolute Gasteiger partial charge is 0.140 e. The Kier molecular flexibility index (Phi) is 5.15. The molecule has 2 aromatic rings. The molecule has 0 atom stereocenters. The van der Waals surface area contributed by atoms with Crippen molar-refractivity contribution in [3.63, 3.8) is 0 Å². The Morgan fingerprint density at radius 2 is 1.62 bits per heavy atom. The summed E-state index contributed by atoms with van der Waals surface area (Å²) in [5.41, 5.74) is 4.80. The summed E-state index contributed by atoms with van der Waals surface area (Å²) in [4.78, 5) is 12.1. The second kappa shape index (κ2) is 7.07. The number of ketones is 1. The summed E-state index contributed by atoms with van der Waals surface area (Å²) in [5.74, 6) is 1.04. The molecule has 0 N–H and O–H groups in total. The summed E-state index contributed by atoms with van der Waals surface area (Å²) in [7, 11) is 0. The second-order valence-corrected chi connectivity index (χ2v) is 5.50. The van der Waals surface area contributed by atoms with Gasteiger partial charge in [0.05, 0.1) is 6.61 Å². The molecule has 0 aliphatic heterocycles. The zero-order chi connectivity index (χ0) is 15.2. The van der Waals surface area contributed by atoms with Gasteiger partial charge in [-0.3, -0.25) is 4.79 Å². The zero-order valence-corrected chi connectivity index (χ0v) is 13.0. The average Bonchev–Trinajstić information content (AvgIpc) is 2.44. The molecule has 0 aliphatic carbocycles. The first-order valence-electron chi connectivity index (χ1n) is 7.32. The molecule has 0 fully saturated rings. The first-order chi connectivity index (χ1) is 10.1. The highest BCUT2D eigenvalue weighted by Crippen LogP contribution is 2.18. The third-order valence-electron chi connectivity index (χ3n) is 3.61. The third kappa shape index (κ3) is 4.45. The highest BCUT2D eigenvalue weighted by atomic mass is 16.5. The molecule has 0 unspecified atom stereocenters. The summed E-state index contributed by atoms with van der Waals surface area (Å²) in [5, 5.41) is 0. The number of benzene rings is 2. The number of carbonyl (C=O) groups is 1. The Hall–Kier alpha value is -2.09. The number of hydrogen-bond donors (Lipinski definition) is 0.